The van der Waals surface area contributed by atoms with Crippen molar-refractivity contribution in [1.82, 2.24) is 4.90 Å². The van der Waals surface area contributed by atoms with E-state index in [0.717, 1.165) is 13.0 Å². The Morgan fingerprint density at radius 1 is 1.30 bits per heavy atom. The van der Waals surface area contributed by atoms with E-state index in [1.807, 2.05) is 4.90 Å². The smallest absolute Gasteiger partial charge is 0.260 e. The van der Waals surface area contributed by atoms with Crippen molar-refractivity contribution in [3.05, 3.63) is 46.2 Å². The predicted molar refractivity (Wildman–Crippen MR) is 79.8 cm³/mol. The average Bonchev–Trinajstić information content (AvgIpc) is 2.93. The van der Waals surface area contributed by atoms with Crippen molar-refractivity contribution in [3.63, 3.8) is 0 Å². The Balaban J connectivity index is 1.56. The van der Waals surface area contributed by atoms with Gasteiger partial charge in [-0.15, -0.1) is 11.3 Å². The molecule has 2 aromatic rings. The van der Waals surface area contributed by atoms with Gasteiger partial charge in [0.05, 0.1) is 0 Å². The first kappa shape index (κ1) is 13.0. The van der Waals surface area contributed by atoms with Gasteiger partial charge in [-0.05, 0) is 47.7 Å². The summed E-state index contributed by atoms with van der Waals surface area (Å²) in [6.45, 7) is 1.55. The van der Waals surface area contributed by atoms with Crippen molar-refractivity contribution in [2.75, 3.05) is 18.9 Å². The highest BCUT2D eigenvalue weighted by Gasteiger charge is 2.21. The van der Waals surface area contributed by atoms with E-state index < -0.39 is 0 Å². The number of hydrogen-bond donors (Lipinski definition) is 1. The first-order valence-corrected chi connectivity index (χ1v) is 7.42. The molecule has 0 unspecified atom stereocenters. The molecule has 2 N–H and O–H groups in total. The molecule has 0 saturated heterocycles. The molecule has 104 valence electrons. The minimum absolute atomic E-state index is 0.0266. The molecule has 1 aliphatic heterocycles. The first-order valence-electron chi connectivity index (χ1n) is 6.54. The summed E-state index contributed by atoms with van der Waals surface area (Å²) in [5.74, 6) is 0.694. The van der Waals surface area contributed by atoms with Crippen LogP contribution in [0.15, 0.2) is 35.7 Å². The second-order valence-corrected chi connectivity index (χ2v) is 5.79. The molecule has 20 heavy (non-hydrogen) atoms. The summed E-state index contributed by atoms with van der Waals surface area (Å²) in [5.41, 5.74) is 7.56. The molecule has 0 aliphatic carbocycles. The van der Waals surface area contributed by atoms with Crippen LogP contribution in [-0.2, 0) is 17.8 Å². The highest BCUT2D eigenvalue weighted by Crippen LogP contribution is 2.24. The largest absolute Gasteiger partial charge is 0.484 e. The van der Waals surface area contributed by atoms with Crippen LogP contribution in [-0.4, -0.2) is 24.0 Å². The number of amides is 1. The second-order valence-electron chi connectivity index (χ2n) is 4.79. The molecular formula is C15H16N2O2S. The summed E-state index contributed by atoms with van der Waals surface area (Å²) in [5, 5.41) is 2.09. The zero-order chi connectivity index (χ0) is 13.9. The third-order valence-corrected chi connectivity index (χ3v) is 4.43. The Labute approximate surface area is 121 Å². The molecule has 0 fully saturated rings. The van der Waals surface area contributed by atoms with E-state index in [1.165, 1.54) is 10.4 Å². The number of nitrogen functional groups attached to an aromatic ring is 1. The first-order chi connectivity index (χ1) is 9.72. The van der Waals surface area contributed by atoms with E-state index in [9.17, 15) is 4.79 Å². The van der Waals surface area contributed by atoms with Crippen LogP contribution in [0.5, 0.6) is 5.75 Å². The number of carbonyl (C=O) groups excluding carboxylic acids is 1. The van der Waals surface area contributed by atoms with Gasteiger partial charge in [0.2, 0.25) is 0 Å². The van der Waals surface area contributed by atoms with Crippen molar-refractivity contribution >= 4 is 22.9 Å². The van der Waals surface area contributed by atoms with Gasteiger partial charge in [-0.1, -0.05) is 0 Å². The maximum Gasteiger partial charge on any atom is 0.260 e. The standard InChI is InChI=1S/C15H16N2O2S/c16-12-1-3-13(4-2-12)19-10-15(18)17-7-5-14-11(9-17)6-8-20-14/h1-4,6,8H,5,7,9-10,16H2. The quantitative estimate of drug-likeness (QED) is 0.882. The third kappa shape index (κ3) is 2.77. The van der Waals surface area contributed by atoms with Gasteiger partial charge >= 0.3 is 0 Å². The Hall–Kier alpha value is -2.01. The SMILES string of the molecule is Nc1ccc(OCC(=O)N2CCc3sccc3C2)cc1. The van der Waals surface area contributed by atoms with E-state index in [1.54, 1.807) is 35.6 Å². The zero-order valence-corrected chi connectivity index (χ0v) is 11.9. The van der Waals surface area contributed by atoms with Crippen LogP contribution in [0.25, 0.3) is 0 Å². The summed E-state index contributed by atoms with van der Waals surface area (Å²) in [6.07, 6.45) is 0.945. The molecule has 0 bridgehead atoms. The summed E-state index contributed by atoms with van der Waals surface area (Å²) < 4.78 is 5.50. The van der Waals surface area contributed by atoms with Crippen LogP contribution >= 0.6 is 11.3 Å². The number of hydrogen-bond acceptors (Lipinski definition) is 4. The Morgan fingerprint density at radius 3 is 2.90 bits per heavy atom. The highest BCUT2D eigenvalue weighted by molar-refractivity contribution is 7.10. The van der Waals surface area contributed by atoms with Gasteiger partial charge in [0.25, 0.3) is 5.91 Å². The topological polar surface area (TPSA) is 55.6 Å². The Morgan fingerprint density at radius 2 is 2.10 bits per heavy atom. The number of carbonyl (C=O) groups is 1. The normalized spacial score (nSPS) is 13.9. The number of nitrogens with two attached hydrogens (primary N) is 1. The molecule has 1 amide bonds. The van der Waals surface area contributed by atoms with Gasteiger partial charge < -0.3 is 15.4 Å². The van der Waals surface area contributed by atoms with Gasteiger partial charge in [0.1, 0.15) is 5.75 Å². The van der Waals surface area contributed by atoms with Gasteiger partial charge in [-0.2, -0.15) is 0 Å². The Bertz CT molecular complexity index is 607. The number of fused-ring (bicyclic) bond motifs is 1. The molecule has 4 nitrogen and oxygen atoms in total. The Kier molecular flexibility index (Phi) is 3.60. The van der Waals surface area contributed by atoms with Crippen molar-refractivity contribution in [1.29, 1.82) is 0 Å². The second kappa shape index (κ2) is 5.54. The number of benzene rings is 1. The lowest BCUT2D eigenvalue weighted by Crippen LogP contribution is -2.38. The van der Waals surface area contributed by atoms with E-state index in [2.05, 4.69) is 11.4 Å². The fourth-order valence-electron chi connectivity index (χ4n) is 2.26. The van der Waals surface area contributed by atoms with Gasteiger partial charge in [0.15, 0.2) is 6.61 Å². The number of nitrogens with zero attached hydrogens (tertiary/aromatic N) is 1. The third-order valence-electron chi connectivity index (χ3n) is 3.40. The van der Waals surface area contributed by atoms with Crippen molar-refractivity contribution in [2.24, 2.45) is 0 Å². The van der Waals surface area contributed by atoms with Crippen molar-refractivity contribution in [3.8, 4) is 5.75 Å². The van der Waals surface area contributed by atoms with E-state index in [-0.39, 0.29) is 12.5 Å². The highest BCUT2D eigenvalue weighted by atomic mass is 32.1. The molecule has 0 spiro atoms. The lowest BCUT2D eigenvalue weighted by Gasteiger charge is -2.26. The fraction of sp³-hybridized carbons (Fsp3) is 0.267. The maximum absolute atomic E-state index is 12.1. The minimum Gasteiger partial charge on any atom is -0.484 e. The van der Waals surface area contributed by atoms with E-state index in [0.29, 0.717) is 18.0 Å². The summed E-state index contributed by atoms with van der Waals surface area (Å²) in [6, 6.07) is 9.17. The summed E-state index contributed by atoms with van der Waals surface area (Å²) in [4.78, 5) is 15.4. The average molecular weight is 288 g/mol. The van der Waals surface area contributed by atoms with Crippen LogP contribution in [0.4, 0.5) is 5.69 Å². The van der Waals surface area contributed by atoms with Crippen molar-refractivity contribution in [2.45, 2.75) is 13.0 Å². The molecule has 5 heteroatoms. The van der Waals surface area contributed by atoms with Crippen LogP contribution in [0.3, 0.4) is 0 Å². The molecule has 3 rings (SSSR count). The fourth-order valence-corrected chi connectivity index (χ4v) is 3.15. The summed E-state index contributed by atoms with van der Waals surface area (Å²) >= 11 is 1.77. The predicted octanol–water partition coefficient (Wildman–Crippen LogP) is 2.29. The van der Waals surface area contributed by atoms with Crippen LogP contribution < -0.4 is 10.5 Å². The molecule has 0 saturated carbocycles. The van der Waals surface area contributed by atoms with Crippen LogP contribution in [0.1, 0.15) is 10.4 Å². The van der Waals surface area contributed by atoms with E-state index in [4.69, 9.17) is 10.5 Å². The molecular weight excluding hydrogens is 272 g/mol. The zero-order valence-electron chi connectivity index (χ0n) is 11.0. The monoisotopic (exact) mass is 288 g/mol. The summed E-state index contributed by atoms with van der Waals surface area (Å²) in [7, 11) is 0. The molecule has 2 heterocycles. The number of rotatable bonds is 3. The number of thiophene rings is 1. The maximum atomic E-state index is 12.1. The molecule has 1 aliphatic rings. The number of anilines is 1. The van der Waals surface area contributed by atoms with Gasteiger partial charge in [-0.25, -0.2) is 0 Å². The van der Waals surface area contributed by atoms with Gasteiger partial charge in [0, 0.05) is 23.7 Å². The molecule has 1 aromatic carbocycles. The molecule has 1 aromatic heterocycles. The molecule has 0 atom stereocenters. The lowest BCUT2D eigenvalue weighted by atomic mass is 10.1. The number of ether oxygens (including phenoxy) is 1. The van der Waals surface area contributed by atoms with Crippen LogP contribution in [0, 0.1) is 0 Å². The minimum atomic E-state index is 0.0266. The molecule has 0 radical (unpaired) electrons. The van der Waals surface area contributed by atoms with E-state index >= 15 is 0 Å². The lowest BCUT2D eigenvalue weighted by molar-refractivity contribution is -0.134. The van der Waals surface area contributed by atoms with Gasteiger partial charge in [-0.3, -0.25) is 4.79 Å². The van der Waals surface area contributed by atoms with Crippen molar-refractivity contribution < 1.29 is 9.53 Å². The van der Waals surface area contributed by atoms with Crippen LogP contribution in [0.2, 0.25) is 0 Å².